The molecule has 6 rings (SSSR count). The van der Waals surface area contributed by atoms with Crippen LogP contribution in [0.15, 0.2) is 89.4 Å². The Kier molecular flexibility index (Phi) is 4.99. The molecule has 0 unspecified atom stereocenters. The lowest BCUT2D eigenvalue weighted by molar-refractivity contribution is -0.661. The van der Waals surface area contributed by atoms with Crippen LogP contribution in [0, 0.1) is 30.9 Å². The van der Waals surface area contributed by atoms with Crippen LogP contribution in [0.5, 0.6) is 0 Å². The highest BCUT2D eigenvalue weighted by Gasteiger charge is 2.28. The van der Waals surface area contributed by atoms with Crippen LogP contribution >= 0.6 is 0 Å². The van der Waals surface area contributed by atoms with Gasteiger partial charge in [0.15, 0.2) is 6.17 Å². The van der Waals surface area contributed by atoms with Crippen molar-refractivity contribution in [2.24, 2.45) is 7.05 Å². The Morgan fingerprint density at radius 3 is 2.27 bits per heavy atom. The maximum absolute atomic E-state index is 15.9. The maximum atomic E-state index is 15.9. The topological polar surface area (TPSA) is 40.8 Å². The molecule has 0 atom stereocenters. The Morgan fingerprint density at radius 1 is 0.902 bits per heavy atom. The first-order chi connectivity index (χ1) is 21.6. The third kappa shape index (κ3) is 4.39. The average molecular weight is 545 g/mol. The predicted octanol–water partition coefficient (Wildman–Crippen LogP) is 9.34. The van der Waals surface area contributed by atoms with Gasteiger partial charge in [-0.2, -0.15) is 5.26 Å². The minimum Gasteiger partial charge on any atom is -0.454 e. The molecule has 0 N–H and O–H groups in total. The van der Waals surface area contributed by atoms with Crippen LogP contribution in [0.2, 0.25) is 0 Å². The number of hydrogen-bond acceptors (Lipinski definition) is 2. The van der Waals surface area contributed by atoms with Gasteiger partial charge < -0.3 is 4.42 Å². The van der Waals surface area contributed by atoms with Crippen molar-refractivity contribution in [2.45, 2.75) is 40.0 Å². The van der Waals surface area contributed by atoms with Gasteiger partial charge in [-0.3, -0.25) is 0 Å². The zero-order chi connectivity index (χ0) is 33.3. The number of aryl methyl sites for hydroxylation is 2. The van der Waals surface area contributed by atoms with Gasteiger partial charge in [0.05, 0.1) is 24.1 Å². The average Bonchev–Trinajstić information content (AvgIpc) is 3.38. The molecule has 4 heteroatoms. The van der Waals surface area contributed by atoms with Crippen molar-refractivity contribution in [2.75, 3.05) is 0 Å². The van der Waals surface area contributed by atoms with Gasteiger partial charge in [0.2, 0.25) is 5.69 Å². The fourth-order valence-electron chi connectivity index (χ4n) is 5.48. The zero-order valence-corrected chi connectivity index (χ0v) is 23.6. The van der Waals surface area contributed by atoms with Gasteiger partial charge in [-0.15, -0.1) is 0 Å². The Bertz CT molecular complexity index is 2210. The second-order valence-corrected chi connectivity index (χ2v) is 11.4. The molecule has 0 aliphatic carbocycles. The summed E-state index contributed by atoms with van der Waals surface area (Å²) in [5, 5.41) is 11.6. The molecule has 3 nitrogen and oxygen atoms in total. The highest BCUT2D eigenvalue weighted by atomic mass is 19.1. The second kappa shape index (κ2) is 9.71. The van der Waals surface area contributed by atoms with Gasteiger partial charge in [-0.25, -0.2) is 8.96 Å². The molecule has 0 bridgehead atoms. The Morgan fingerprint density at radius 2 is 1.59 bits per heavy atom. The predicted molar refractivity (Wildman–Crippen MR) is 164 cm³/mol. The summed E-state index contributed by atoms with van der Waals surface area (Å²) in [6, 6.07) is 23.5. The number of rotatable bonds is 3. The molecule has 0 aliphatic heterocycles. The van der Waals surface area contributed by atoms with Crippen LogP contribution in [0.3, 0.4) is 0 Å². The van der Waals surface area contributed by atoms with E-state index in [1.54, 1.807) is 37.4 Å². The minimum atomic E-state index is -2.36. The molecule has 0 amide bonds. The molecule has 2 heterocycles. The summed E-state index contributed by atoms with van der Waals surface area (Å²) in [7, 11) is 1.65. The van der Waals surface area contributed by atoms with E-state index < -0.39 is 18.1 Å². The van der Waals surface area contributed by atoms with Crippen molar-refractivity contribution in [1.29, 1.82) is 5.26 Å². The van der Waals surface area contributed by atoms with E-state index in [9.17, 15) is 5.26 Å². The summed E-state index contributed by atoms with van der Waals surface area (Å²) >= 11 is 0. The first-order valence-corrected chi connectivity index (χ1v) is 13.4. The molecular formula is C37H32FN2O+. The number of fused-ring (bicyclic) bond motifs is 3. The molecule has 6 aromatic rings. The van der Waals surface area contributed by atoms with Crippen molar-refractivity contribution in [1.82, 2.24) is 0 Å². The van der Waals surface area contributed by atoms with Gasteiger partial charge in [0.25, 0.3) is 0 Å². The summed E-state index contributed by atoms with van der Waals surface area (Å²) in [4.78, 5) is 0. The molecular weight excluding hydrogens is 507 g/mol. The first-order valence-electron chi connectivity index (χ1n) is 15.9. The lowest BCUT2D eigenvalue weighted by Gasteiger charge is -2.18. The lowest BCUT2D eigenvalue weighted by Crippen LogP contribution is -2.34. The van der Waals surface area contributed by atoms with E-state index in [1.807, 2.05) is 70.2 Å². The number of pyridine rings is 1. The van der Waals surface area contributed by atoms with Crippen molar-refractivity contribution in [3.05, 3.63) is 113 Å². The first kappa shape index (κ1) is 21.1. The third-order valence-electron chi connectivity index (χ3n) is 7.58. The van der Waals surface area contributed by atoms with E-state index in [2.05, 4.69) is 6.07 Å². The SMILES string of the molecule is [2H]c1c(F)c(C(C)(C)C)c([2H])[n+](C)c1-c1c(C)ccc2c1oc1c(-c3ccc(C([2H])([2H])[2H])c(-c4ccccc4)c3)c(C#N)ccc12. The second-order valence-electron chi connectivity index (χ2n) is 11.4. The van der Waals surface area contributed by atoms with Crippen molar-refractivity contribution >= 4 is 21.9 Å². The molecule has 202 valence electrons. The molecule has 41 heavy (non-hydrogen) atoms. The van der Waals surface area contributed by atoms with Crippen LogP contribution in [-0.2, 0) is 12.5 Å². The van der Waals surface area contributed by atoms with Gasteiger partial charge in [-0.05, 0) is 65.2 Å². The van der Waals surface area contributed by atoms with E-state index >= 15 is 4.39 Å². The smallest absolute Gasteiger partial charge is 0.219 e. The standard InChI is InChI=1S/C37H32FN2O/c1-22-12-14-25(18-29(22)24-10-8-7-9-11-24)34-26(20-39)15-17-28-27-16-13-23(2)33(35(27)41-36(28)34)32-19-31(38)30(21-40(32)6)37(3,4)5/h7-19,21H,1-6H3/q+1/i1D3,19D,21D. The number of halogens is 1. The number of hydrogen-bond donors (Lipinski definition) is 0. The van der Waals surface area contributed by atoms with Gasteiger partial charge >= 0.3 is 0 Å². The van der Waals surface area contributed by atoms with Crippen molar-refractivity contribution in [3.63, 3.8) is 0 Å². The third-order valence-corrected chi connectivity index (χ3v) is 7.58. The van der Waals surface area contributed by atoms with E-state index in [4.69, 9.17) is 11.3 Å². The Balaban J connectivity index is 1.69. The Hall–Kier alpha value is -4.75. The number of benzene rings is 4. The number of nitrogens with zero attached hydrogens (tertiary/aromatic N) is 2. The fraction of sp³-hybridized carbons (Fsp3) is 0.189. The summed E-state index contributed by atoms with van der Waals surface area (Å²) in [6.07, 6.45) is -0.0289. The highest BCUT2D eigenvalue weighted by Crippen LogP contribution is 2.43. The molecule has 0 radical (unpaired) electrons. The van der Waals surface area contributed by atoms with E-state index in [0.29, 0.717) is 49.8 Å². The van der Waals surface area contributed by atoms with Crippen LogP contribution in [0.1, 0.15) is 49.9 Å². The largest absolute Gasteiger partial charge is 0.454 e. The van der Waals surface area contributed by atoms with E-state index in [0.717, 1.165) is 11.1 Å². The fourth-order valence-corrected chi connectivity index (χ4v) is 5.48. The molecule has 0 spiro atoms. The number of aromatic nitrogens is 1. The molecule has 4 aromatic carbocycles. The summed E-state index contributed by atoms with van der Waals surface area (Å²) < 4.78 is 66.3. The van der Waals surface area contributed by atoms with Crippen LogP contribution in [0.25, 0.3) is 55.4 Å². The van der Waals surface area contributed by atoms with Crippen LogP contribution in [-0.4, -0.2) is 0 Å². The molecule has 0 saturated heterocycles. The van der Waals surface area contributed by atoms with Gasteiger partial charge in [-0.1, -0.05) is 75.4 Å². The van der Waals surface area contributed by atoms with E-state index in [-0.39, 0.29) is 29.0 Å². The lowest BCUT2D eigenvalue weighted by atomic mass is 9.87. The minimum absolute atomic E-state index is 0.0289. The van der Waals surface area contributed by atoms with E-state index in [1.165, 1.54) is 4.57 Å². The van der Waals surface area contributed by atoms with Crippen LogP contribution < -0.4 is 4.57 Å². The summed E-state index contributed by atoms with van der Waals surface area (Å²) in [5.74, 6) is -0.742. The number of nitriles is 1. The summed E-state index contributed by atoms with van der Waals surface area (Å²) in [5.41, 5.74) is 4.60. The van der Waals surface area contributed by atoms with Crippen molar-refractivity contribution < 1.29 is 20.2 Å². The van der Waals surface area contributed by atoms with Crippen LogP contribution in [0.4, 0.5) is 4.39 Å². The summed E-state index contributed by atoms with van der Waals surface area (Å²) in [6.45, 7) is 4.93. The Labute approximate surface area is 247 Å². The van der Waals surface area contributed by atoms with Gasteiger partial charge in [0, 0.05) is 26.5 Å². The molecule has 2 aromatic heterocycles. The molecule has 0 saturated carbocycles. The van der Waals surface area contributed by atoms with Gasteiger partial charge in [0.1, 0.15) is 25.4 Å². The monoisotopic (exact) mass is 544 g/mol. The highest BCUT2D eigenvalue weighted by molar-refractivity contribution is 6.14. The number of furan rings is 1. The normalized spacial score (nSPS) is 13.8. The van der Waals surface area contributed by atoms with Crippen molar-refractivity contribution in [3.8, 4) is 39.6 Å². The molecule has 0 aliphatic rings. The quantitative estimate of drug-likeness (QED) is 0.208. The zero-order valence-electron chi connectivity index (χ0n) is 28.6. The molecule has 0 fully saturated rings. The maximum Gasteiger partial charge on any atom is 0.219 e.